The zero-order valence-electron chi connectivity index (χ0n) is 11.8. The second-order valence-corrected chi connectivity index (χ2v) is 6.31. The van der Waals surface area contributed by atoms with Crippen LogP contribution in [0, 0.1) is 10.7 Å². The zero-order chi connectivity index (χ0) is 13.2. The standard InChI is InChI=1S/C14H24N4S/c1-2-9-18-13(15-16-14(18)19)17-10-5-8-12(17)11-6-3-4-7-11/h11-12H,2-10H2,1H3,(H,16,19). The van der Waals surface area contributed by atoms with Gasteiger partial charge in [-0.05, 0) is 50.2 Å². The van der Waals surface area contributed by atoms with Gasteiger partial charge in [-0.1, -0.05) is 19.8 Å². The fraction of sp³-hybridized carbons (Fsp3) is 0.857. The first kappa shape index (κ1) is 13.2. The van der Waals surface area contributed by atoms with E-state index in [-0.39, 0.29) is 0 Å². The molecule has 1 saturated heterocycles. The van der Waals surface area contributed by atoms with Crippen LogP contribution in [0.1, 0.15) is 51.9 Å². The van der Waals surface area contributed by atoms with Crippen molar-refractivity contribution in [2.24, 2.45) is 5.92 Å². The highest BCUT2D eigenvalue weighted by molar-refractivity contribution is 7.71. The Bertz CT molecular complexity index is 472. The van der Waals surface area contributed by atoms with Crippen molar-refractivity contribution in [1.82, 2.24) is 14.8 Å². The molecule has 0 spiro atoms. The molecule has 1 N–H and O–H groups in total. The van der Waals surface area contributed by atoms with E-state index in [1.165, 1.54) is 38.5 Å². The molecule has 4 nitrogen and oxygen atoms in total. The van der Waals surface area contributed by atoms with Crippen LogP contribution in [0.3, 0.4) is 0 Å². The molecule has 3 rings (SSSR count). The van der Waals surface area contributed by atoms with Crippen molar-refractivity contribution in [3.8, 4) is 0 Å². The van der Waals surface area contributed by atoms with Gasteiger partial charge in [0.15, 0.2) is 4.77 Å². The third-order valence-electron chi connectivity index (χ3n) is 4.69. The van der Waals surface area contributed by atoms with Gasteiger partial charge in [-0.15, -0.1) is 5.10 Å². The molecule has 1 aromatic heterocycles. The normalized spacial score (nSPS) is 24.5. The van der Waals surface area contributed by atoms with Crippen molar-refractivity contribution in [3.63, 3.8) is 0 Å². The predicted molar refractivity (Wildman–Crippen MR) is 80.0 cm³/mol. The van der Waals surface area contributed by atoms with Crippen LogP contribution in [0.25, 0.3) is 0 Å². The third kappa shape index (κ3) is 2.45. The van der Waals surface area contributed by atoms with E-state index in [2.05, 4.69) is 26.6 Å². The molecule has 106 valence electrons. The molecule has 2 heterocycles. The first-order valence-corrected chi connectivity index (χ1v) is 8.14. The third-order valence-corrected chi connectivity index (χ3v) is 5.00. The molecule has 1 saturated carbocycles. The maximum atomic E-state index is 5.37. The average molecular weight is 280 g/mol. The predicted octanol–water partition coefficient (Wildman–Crippen LogP) is 3.51. The number of nitrogens with zero attached hydrogens (tertiary/aromatic N) is 3. The van der Waals surface area contributed by atoms with E-state index in [4.69, 9.17) is 12.2 Å². The van der Waals surface area contributed by atoms with E-state index in [1.807, 2.05) is 0 Å². The number of rotatable bonds is 4. The highest BCUT2D eigenvalue weighted by Crippen LogP contribution is 2.37. The van der Waals surface area contributed by atoms with Gasteiger partial charge in [-0.25, -0.2) is 5.10 Å². The fourth-order valence-corrected chi connectivity index (χ4v) is 4.05. The van der Waals surface area contributed by atoms with Gasteiger partial charge in [0.2, 0.25) is 5.95 Å². The van der Waals surface area contributed by atoms with Crippen molar-refractivity contribution < 1.29 is 0 Å². The fourth-order valence-electron chi connectivity index (χ4n) is 3.83. The molecular formula is C14H24N4S. The zero-order valence-corrected chi connectivity index (χ0v) is 12.6. The summed E-state index contributed by atoms with van der Waals surface area (Å²) < 4.78 is 2.96. The molecule has 1 aliphatic carbocycles. The highest BCUT2D eigenvalue weighted by Gasteiger charge is 2.35. The molecule has 2 aliphatic rings. The smallest absolute Gasteiger partial charge is 0.225 e. The second-order valence-electron chi connectivity index (χ2n) is 5.93. The second kappa shape index (κ2) is 5.65. The van der Waals surface area contributed by atoms with E-state index in [9.17, 15) is 0 Å². The number of hydrogen-bond donors (Lipinski definition) is 1. The van der Waals surface area contributed by atoms with Gasteiger partial charge in [-0.3, -0.25) is 4.57 Å². The van der Waals surface area contributed by atoms with Crippen LogP contribution in [0.4, 0.5) is 5.95 Å². The van der Waals surface area contributed by atoms with Crippen molar-refractivity contribution in [3.05, 3.63) is 4.77 Å². The summed E-state index contributed by atoms with van der Waals surface area (Å²) in [7, 11) is 0. The lowest BCUT2D eigenvalue weighted by atomic mass is 9.96. The minimum Gasteiger partial charge on any atom is -0.338 e. The Morgan fingerprint density at radius 2 is 2.05 bits per heavy atom. The Morgan fingerprint density at radius 3 is 2.79 bits per heavy atom. The van der Waals surface area contributed by atoms with Gasteiger partial charge >= 0.3 is 0 Å². The van der Waals surface area contributed by atoms with Crippen LogP contribution < -0.4 is 4.90 Å². The summed E-state index contributed by atoms with van der Waals surface area (Å²) in [5, 5.41) is 7.49. The van der Waals surface area contributed by atoms with Crippen LogP contribution in [-0.4, -0.2) is 27.4 Å². The quantitative estimate of drug-likeness (QED) is 0.858. The van der Waals surface area contributed by atoms with Crippen molar-refractivity contribution in [1.29, 1.82) is 0 Å². The summed E-state index contributed by atoms with van der Waals surface area (Å²) in [5.41, 5.74) is 0. The number of aromatic amines is 1. The highest BCUT2D eigenvalue weighted by atomic mass is 32.1. The van der Waals surface area contributed by atoms with Crippen molar-refractivity contribution >= 4 is 18.2 Å². The maximum absolute atomic E-state index is 5.37. The van der Waals surface area contributed by atoms with Crippen molar-refractivity contribution in [2.45, 2.75) is 64.5 Å². The van der Waals surface area contributed by atoms with Gasteiger partial charge in [0.05, 0.1) is 0 Å². The molecule has 1 atom stereocenters. The molecule has 5 heteroatoms. The molecule has 1 unspecified atom stereocenters. The minimum absolute atomic E-state index is 0.698. The summed E-state index contributed by atoms with van der Waals surface area (Å²) >= 11 is 5.37. The maximum Gasteiger partial charge on any atom is 0.225 e. The van der Waals surface area contributed by atoms with E-state index in [0.29, 0.717) is 6.04 Å². The number of anilines is 1. The SMILES string of the molecule is CCCn1c(N2CCCC2C2CCCC2)n[nH]c1=S. The lowest BCUT2D eigenvalue weighted by Gasteiger charge is -2.30. The van der Waals surface area contributed by atoms with E-state index >= 15 is 0 Å². The van der Waals surface area contributed by atoms with Gasteiger partial charge in [0, 0.05) is 19.1 Å². The number of hydrogen-bond acceptors (Lipinski definition) is 3. The van der Waals surface area contributed by atoms with E-state index in [0.717, 1.165) is 36.1 Å². The van der Waals surface area contributed by atoms with Crippen LogP contribution in [0.5, 0.6) is 0 Å². The molecule has 2 fully saturated rings. The van der Waals surface area contributed by atoms with Crippen molar-refractivity contribution in [2.75, 3.05) is 11.4 Å². The summed E-state index contributed by atoms with van der Waals surface area (Å²) in [6.07, 6.45) is 9.36. The number of H-pyrrole nitrogens is 1. The molecular weight excluding hydrogens is 256 g/mol. The Labute approximate surface area is 120 Å². The molecule has 0 aromatic carbocycles. The minimum atomic E-state index is 0.698. The topological polar surface area (TPSA) is 36.9 Å². The Morgan fingerprint density at radius 1 is 1.26 bits per heavy atom. The number of aromatic nitrogens is 3. The lowest BCUT2D eigenvalue weighted by molar-refractivity contribution is 0.424. The summed E-state index contributed by atoms with van der Waals surface area (Å²) in [4.78, 5) is 2.53. The molecule has 19 heavy (non-hydrogen) atoms. The Kier molecular flexibility index (Phi) is 3.91. The molecule has 0 bridgehead atoms. The van der Waals surface area contributed by atoms with E-state index < -0.39 is 0 Å². The molecule has 0 amide bonds. The van der Waals surface area contributed by atoms with Crippen LogP contribution >= 0.6 is 12.2 Å². The van der Waals surface area contributed by atoms with Gasteiger partial charge < -0.3 is 4.90 Å². The Balaban J connectivity index is 1.85. The summed E-state index contributed by atoms with van der Waals surface area (Å²) in [6.45, 7) is 4.31. The lowest BCUT2D eigenvalue weighted by Crippen LogP contribution is -2.36. The number of nitrogens with one attached hydrogen (secondary N) is 1. The average Bonchev–Trinajstić information content (AvgIpc) is 3.10. The monoisotopic (exact) mass is 280 g/mol. The van der Waals surface area contributed by atoms with Crippen LogP contribution in [-0.2, 0) is 6.54 Å². The summed E-state index contributed by atoms with van der Waals surface area (Å²) in [5.74, 6) is 1.96. The van der Waals surface area contributed by atoms with Crippen LogP contribution in [0.15, 0.2) is 0 Å². The molecule has 0 radical (unpaired) electrons. The van der Waals surface area contributed by atoms with E-state index in [1.54, 1.807) is 0 Å². The van der Waals surface area contributed by atoms with Crippen LogP contribution in [0.2, 0.25) is 0 Å². The van der Waals surface area contributed by atoms with Gasteiger partial charge in [0.1, 0.15) is 0 Å². The van der Waals surface area contributed by atoms with Gasteiger partial charge in [-0.2, -0.15) is 0 Å². The summed E-state index contributed by atoms with van der Waals surface area (Å²) in [6, 6.07) is 0.698. The van der Waals surface area contributed by atoms with Gasteiger partial charge in [0.25, 0.3) is 0 Å². The first-order valence-electron chi connectivity index (χ1n) is 7.73. The molecule has 1 aliphatic heterocycles. The largest absolute Gasteiger partial charge is 0.338 e. The Hall–Kier alpha value is -0.840. The molecule has 1 aromatic rings. The first-order chi connectivity index (χ1) is 9.31.